The molecular weight excluding hydrogens is 390 g/mol. The minimum atomic E-state index is -0.0450. The Bertz CT molecular complexity index is 602. The molecule has 102 valence electrons. The zero-order chi connectivity index (χ0) is 14.2. The van der Waals surface area contributed by atoms with Crippen LogP contribution < -0.4 is 5.32 Å². The van der Waals surface area contributed by atoms with Gasteiger partial charge in [0, 0.05) is 12.5 Å². The summed E-state index contributed by atoms with van der Waals surface area (Å²) in [7, 11) is 1.87. The van der Waals surface area contributed by atoms with E-state index in [1.165, 1.54) is 0 Å². The van der Waals surface area contributed by atoms with E-state index in [-0.39, 0.29) is 5.41 Å². The minimum Gasteiger partial charge on any atom is -0.372 e. The van der Waals surface area contributed by atoms with Gasteiger partial charge >= 0.3 is 0 Å². The van der Waals surface area contributed by atoms with Crippen LogP contribution in [0, 0.1) is 0 Å². The van der Waals surface area contributed by atoms with Crippen molar-refractivity contribution in [3.05, 3.63) is 26.1 Å². The van der Waals surface area contributed by atoms with Crippen molar-refractivity contribution in [1.82, 2.24) is 9.97 Å². The van der Waals surface area contributed by atoms with Gasteiger partial charge in [-0.15, -0.1) is 11.3 Å². The highest BCUT2D eigenvalue weighted by Crippen LogP contribution is 2.36. The first-order valence-corrected chi connectivity index (χ1v) is 8.24. The molecule has 0 saturated carbocycles. The molecule has 0 saturated heterocycles. The van der Waals surface area contributed by atoms with Crippen LogP contribution in [0.2, 0.25) is 0 Å². The molecule has 6 heteroatoms. The number of nitrogens with one attached hydrogen (secondary N) is 1. The fourth-order valence-corrected chi connectivity index (χ4v) is 3.94. The Balaban J connectivity index is 2.64. The normalized spacial score (nSPS) is 11.7. The standard InChI is InChI=1S/C13H15Br2N3S/c1-13(2,3)10-9(15)12(16-4)18-11(17-10)7-5-6-8(14)19-7/h5-6H,1-4H3,(H,16,17,18). The lowest BCUT2D eigenvalue weighted by molar-refractivity contribution is 0.564. The molecular formula is C13H15Br2N3S. The monoisotopic (exact) mass is 403 g/mol. The molecule has 2 rings (SSSR count). The summed E-state index contributed by atoms with van der Waals surface area (Å²) in [4.78, 5) is 10.4. The quantitative estimate of drug-likeness (QED) is 0.759. The first-order chi connectivity index (χ1) is 8.82. The Morgan fingerprint density at radius 2 is 1.84 bits per heavy atom. The van der Waals surface area contributed by atoms with Crippen LogP contribution in [0.15, 0.2) is 20.4 Å². The van der Waals surface area contributed by atoms with Gasteiger partial charge < -0.3 is 5.32 Å². The summed E-state index contributed by atoms with van der Waals surface area (Å²) < 4.78 is 2.01. The Kier molecular flexibility index (Phi) is 4.32. The molecule has 1 N–H and O–H groups in total. The van der Waals surface area contributed by atoms with Gasteiger partial charge in [-0.1, -0.05) is 20.8 Å². The smallest absolute Gasteiger partial charge is 0.171 e. The third-order valence-electron chi connectivity index (χ3n) is 2.59. The van der Waals surface area contributed by atoms with Crippen LogP contribution in [-0.4, -0.2) is 17.0 Å². The predicted molar refractivity (Wildman–Crippen MR) is 89.0 cm³/mol. The maximum Gasteiger partial charge on any atom is 0.171 e. The maximum atomic E-state index is 4.73. The first-order valence-electron chi connectivity index (χ1n) is 5.84. The van der Waals surface area contributed by atoms with E-state index >= 15 is 0 Å². The molecule has 0 aliphatic rings. The van der Waals surface area contributed by atoms with Gasteiger partial charge in [-0.05, 0) is 44.0 Å². The summed E-state index contributed by atoms with van der Waals surface area (Å²) in [5.41, 5.74) is 0.961. The van der Waals surface area contributed by atoms with Gasteiger partial charge in [0.25, 0.3) is 0 Å². The zero-order valence-electron chi connectivity index (χ0n) is 11.2. The number of anilines is 1. The second-order valence-corrected chi connectivity index (χ2v) is 8.42. The van der Waals surface area contributed by atoms with E-state index in [9.17, 15) is 0 Å². The number of halogens is 2. The fourth-order valence-electron chi connectivity index (χ4n) is 1.65. The van der Waals surface area contributed by atoms with E-state index < -0.39 is 0 Å². The van der Waals surface area contributed by atoms with Crippen molar-refractivity contribution >= 4 is 49.0 Å². The third kappa shape index (κ3) is 3.17. The van der Waals surface area contributed by atoms with Crippen LogP contribution >= 0.6 is 43.2 Å². The second-order valence-electron chi connectivity index (χ2n) is 5.16. The second kappa shape index (κ2) is 5.50. The van der Waals surface area contributed by atoms with Crippen LogP contribution in [0.1, 0.15) is 26.5 Å². The number of aromatic nitrogens is 2. The molecule has 0 bridgehead atoms. The molecule has 0 amide bonds. The Morgan fingerprint density at radius 1 is 1.16 bits per heavy atom. The Morgan fingerprint density at radius 3 is 2.32 bits per heavy atom. The number of hydrogen-bond donors (Lipinski definition) is 1. The molecule has 2 heterocycles. The molecule has 0 fully saturated rings. The highest BCUT2D eigenvalue weighted by Gasteiger charge is 2.23. The Hall–Kier alpha value is -0.460. The zero-order valence-corrected chi connectivity index (χ0v) is 15.2. The van der Waals surface area contributed by atoms with Crippen LogP contribution in [0.25, 0.3) is 10.7 Å². The van der Waals surface area contributed by atoms with Crippen LogP contribution in [0.5, 0.6) is 0 Å². The summed E-state index contributed by atoms with van der Waals surface area (Å²) in [5, 5.41) is 3.12. The minimum absolute atomic E-state index is 0.0450. The van der Waals surface area contributed by atoms with Gasteiger partial charge in [-0.3, -0.25) is 0 Å². The number of thiophene rings is 1. The third-order valence-corrected chi connectivity index (χ3v) is 4.96. The maximum absolute atomic E-state index is 4.73. The van der Waals surface area contributed by atoms with Crippen molar-refractivity contribution in [2.75, 3.05) is 12.4 Å². The first kappa shape index (κ1) is 14.9. The van der Waals surface area contributed by atoms with Crippen LogP contribution in [0.4, 0.5) is 5.82 Å². The molecule has 3 nitrogen and oxygen atoms in total. The van der Waals surface area contributed by atoms with Crippen molar-refractivity contribution in [3.63, 3.8) is 0 Å². The van der Waals surface area contributed by atoms with Gasteiger partial charge in [0.2, 0.25) is 0 Å². The van der Waals surface area contributed by atoms with E-state index in [4.69, 9.17) is 4.98 Å². The van der Waals surface area contributed by atoms with Gasteiger partial charge in [0.15, 0.2) is 5.82 Å². The lowest BCUT2D eigenvalue weighted by Crippen LogP contribution is -2.16. The van der Waals surface area contributed by atoms with E-state index in [0.717, 1.165) is 30.5 Å². The summed E-state index contributed by atoms with van der Waals surface area (Å²) in [6.45, 7) is 6.44. The molecule has 2 aromatic heterocycles. The van der Waals surface area contributed by atoms with Gasteiger partial charge in [0.1, 0.15) is 5.82 Å². The molecule has 0 aliphatic heterocycles. The number of nitrogens with zero attached hydrogens (tertiary/aromatic N) is 2. The molecule has 19 heavy (non-hydrogen) atoms. The number of hydrogen-bond acceptors (Lipinski definition) is 4. The highest BCUT2D eigenvalue weighted by atomic mass is 79.9. The van der Waals surface area contributed by atoms with Gasteiger partial charge in [-0.2, -0.15) is 0 Å². The summed E-state index contributed by atoms with van der Waals surface area (Å²) in [6, 6.07) is 4.05. The lowest BCUT2D eigenvalue weighted by Gasteiger charge is -2.21. The van der Waals surface area contributed by atoms with Crippen LogP contribution in [-0.2, 0) is 5.41 Å². The SMILES string of the molecule is CNc1nc(-c2ccc(Br)s2)nc(C(C)(C)C)c1Br. The molecule has 0 aromatic carbocycles. The molecule has 0 unspecified atom stereocenters. The largest absolute Gasteiger partial charge is 0.372 e. The molecule has 0 radical (unpaired) electrons. The van der Waals surface area contributed by atoms with Crippen LogP contribution in [0.3, 0.4) is 0 Å². The molecule has 0 spiro atoms. The van der Waals surface area contributed by atoms with E-state index in [0.29, 0.717) is 0 Å². The Labute approximate surface area is 134 Å². The molecule has 0 aliphatic carbocycles. The van der Waals surface area contributed by atoms with E-state index in [1.54, 1.807) is 11.3 Å². The van der Waals surface area contributed by atoms with E-state index in [1.807, 2.05) is 19.2 Å². The number of rotatable bonds is 2. The average Bonchev–Trinajstić information content (AvgIpc) is 2.74. The molecule has 0 atom stereocenters. The van der Waals surface area contributed by atoms with Crippen molar-refractivity contribution < 1.29 is 0 Å². The summed E-state index contributed by atoms with van der Waals surface area (Å²) >= 11 is 8.71. The van der Waals surface area contributed by atoms with Crippen molar-refractivity contribution in [2.24, 2.45) is 0 Å². The van der Waals surface area contributed by atoms with Crippen molar-refractivity contribution in [3.8, 4) is 10.7 Å². The average molecular weight is 405 g/mol. The fraction of sp³-hybridized carbons (Fsp3) is 0.385. The van der Waals surface area contributed by atoms with Crippen molar-refractivity contribution in [2.45, 2.75) is 26.2 Å². The highest BCUT2D eigenvalue weighted by molar-refractivity contribution is 9.11. The predicted octanol–water partition coefficient (Wildman–Crippen LogP) is 5.07. The summed E-state index contributed by atoms with van der Waals surface area (Å²) in [6.07, 6.45) is 0. The topological polar surface area (TPSA) is 37.8 Å². The van der Waals surface area contributed by atoms with E-state index in [2.05, 4.69) is 62.9 Å². The molecule has 2 aromatic rings. The van der Waals surface area contributed by atoms with Crippen molar-refractivity contribution in [1.29, 1.82) is 0 Å². The summed E-state index contributed by atoms with van der Waals surface area (Å²) in [5.74, 6) is 1.58. The van der Waals surface area contributed by atoms with Gasteiger partial charge in [0.05, 0.1) is 18.8 Å². The lowest BCUT2D eigenvalue weighted by atomic mass is 9.92. The van der Waals surface area contributed by atoms with Gasteiger partial charge in [-0.25, -0.2) is 9.97 Å².